The second kappa shape index (κ2) is 13.9. The lowest BCUT2D eigenvalue weighted by molar-refractivity contribution is 0.254. The summed E-state index contributed by atoms with van der Waals surface area (Å²) in [5, 5.41) is 0. The summed E-state index contributed by atoms with van der Waals surface area (Å²) in [4.78, 5) is 0. The van der Waals surface area contributed by atoms with E-state index in [4.69, 9.17) is 9.47 Å². The Balaban J connectivity index is 2.19. The molecule has 0 spiro atoms. The van der Waals surface area contributed by atoms with Crippen LogP contribution < -0.4 is 9.47 Å². The molecule has 0 aliphatic heterocycles. The fourth-order valence-corrected chi connectivity index (χ4v) is 2.55. The van der Waals surface area contributed by atoms with Gasteiger partial charge in [-0.15, -0.1) is 6.58 Å². The lowest BCUT2D eigenvalue weighted by atomic mass is 10.0. The summed E-state index contributed by atoms with van der Waals surface area (Å²) < 4.78 is 11.8. The molecule has 0 aliphatic carbocycles. The molecule has 0 saturated heterocycles. The maximum atomic E-state index is 5.90. The van der Waals surface area contributed by atoms with E-state index in [1.54, 1.807) is 0 Å². The van der Waals surface area contributed by atoms with Crippen molar-refractivity contribution >= 4 is 0 Å². The first kappa shape index (κ1) is 20.6. The molecule has 0 fully saturated rings. The second-order valence-electron chi connectivity index (χ2n) is 6.57. The van der Waals surface area contributed by atoms with E-state index in [-0.39, 0.29) is 0 Å². The van der Waals surface area contributed by atoms with Crippen molar-refractivity contribution in [2.45, 2.75) is 71.6 Å². The normalized spacial score (nSPS) is 11.9. The molecule has 24 heavy (non-hydrogen) atoms. The summed E-state index contributed by atoms with van der Waals surface area (Å²) in [6, 6.07) is 8.80. The van der Waals surface area contributed by atoms with Crippen molar-refractivity contribution in [3.05, 3.63) is 36.9 Å². The van der Waals surface area contributed by atoms with Crippen LogP contribution in [0, 0.1) is 12.0 Å². The highest BCUT2D eigenvalue weighted by Crippen LogP contribution is 2.27. The van der Waals surface area contributed by atoms with Crippen molar-refractivity contribution in [1.29, 1.82) is 0 Å². The Kier molecular flexibility index (Phi) is 12.0. The van der Waals surface area contributed by atoms with Crippen LogP contribution in [0.15, 0.2) is 30.9 Å². The number of hydrogen-bond acceptors (Lipinski definition) is 2. The monoisotopic (exact) mass is 331 g/mol. The summed E-state index contributed by atoms with van der Waals surface area (Å²) >= 11 is 0. The van der Waals surface area contributed by atoms with Gasteiger partial charge in [-0.25, -0.2) is 0 Å². The van der Waals surface area contributed by atoms with Crippen LogP contribution in [0.5, 0.6) is 11.5 Å². The average Bonchev–Trinajstić information content (AvgIpc) is 2.61. The third-order valence-corrected chi connectivity index (χ3v) is 4.39. The standard InChI is InChI=1S/C22H35O2/c1-4-6-7-8-9-10-13-18-23-21-16-11-12-17-22(21)24-19-14-15-20(3)5-2/h4,12,16-17,20H,1,5-10,13-15,18-19H2,2-3H3. The van der Waals surface area contributed by atoms with E-state index in [2.05, 4.69) is 26.5 Å². The van der Waals surface area contributed by atoms with E-state index in [1.807, 2.05) is 24.3 Å². The van der Waals surface area contributed by atoms with Gasteiger partial charge in [-0.2, -0.15) is 0 Å². The minimum atomic E-state index is 0.753. The first-order valence-electron chi connectivity index (χ1n) is 9.64. The van der Waals surface area contributed by atoms with Crippen LogP contribution in [0.3, 0.4) is 0 Å². The van der Waals surface area contributed by atoms with Crippen molar-refractivity contribution < 1.29 is 9.47 Å². The number of rotatable bonds is 15. The quantitative estimate of drug-likeness (QED) is 0.266. The van der Waals surface area contributed by atoms with Gasteiger partial charge in [-0.05, 0) is 56.2 Å². The molecule has 1 aromatic rings. The van der Waals surface area contributed by atoms with E-state index in [9.17, 15) is 0 Å². The average molecular weight is 332 g/mol. The van der Waals surface area contributed by atoms with Gasteiger partial charge in [-0.3, -0.25) is 0 Å². The van der Waals surface area contributed by atoms with E-state index >= 15 is 0 Å². The fourth-order valence-electron chi connectivity index (χ4n) is 2.55. The molecule has 1 radical (unpaired) electrons. The molecular formula is C22H35O2. The Labute approximate surface area is 149 Å². The van der Waals surface area contributed by atoms with Crippen molar-refractivity contribution in [1.82, 2.24) is 0 Å². The summed E-state index contributed by atoms with van der Waals surface area (Å²) in [6.45, 7) is 9.80. The van der Waals surface area contributed by atoms with Crippen LogP contribution in [0.1, 0.15) is 71.6 Å². The van der Waals surface area contributed by atoms with Crippen molar-refractivity contribution in [3.63, 3.8) is 0 Å². The molecule has 0 amide bonds. The van der Waals surface area contributed by atoms with Gasteiger partial charge in [0.2, 0.25) is 0 Å². The van der Waals surface area contributed by atoms with Crippen LogP contribution in [0.2, 0.25) is 0 Å². The van der Waals surface area contributed by atoms with Crippen LogP contribution in [0.25, 0.3) is 0 Å². The summed E-state index contributed by atoms with van der Waals surface area (Å²) in [6.07, 6.45) is 12.8. The molecule has 1 rings (SSSR count). The first-order chi connectivity index (χ1) is 11.8. The summed E-state index contributed by atoms with van der Waals surface area (Å²) in [5.41, 5.74) is 0. The summed E-state index contributed by atoms with van der Waals surface area (Å²) in [5.74, 6) is 2.46. The van der Waals surface area contributed by atoms with Crippen molar-refractivity contribution in [3.8, 4) is 11.5 Å². The van der Waals surface area contributed by atoms with Crippen LogP contribution in [-0.4, -0.2) is 13.2 Å². The molecule has 0 saturated carbocycles. The van der Waals surface area contributed by atoms with Gasteiger partial charge >= 0.3 is 0 Å². The molecule has 0 bridgehead atoms. The van der Waals surface area contributed by atoms with Crippen LogP contribution >= 0.6 is 0 Å². The SMILES string of the molecule is C=CCCCCCCCOc1c[c]ccc1OCCCC(C)CC. The number of unbranched alkanes of at least 4 members (excludes halogenated alkanes) is 5. The van der Waals surface area contributed by atoms with Gasteiger partial charge in [-0.1, -0.05) is 51.7 Å². The van der Waals surface area contributed by atoms with Crippen molar-refractivity contribution in [2.24, 2.45) is 5.92 Å². The zero-order chi connectivity index (χ0) is 17.5. The number of ether oxygens (including phenoxy) is 2. The third-order valence-electron chi connectivity index (χ3n) is 4.39. The Morgan fingerprint density at radius 3 is 2.54 bits per heavy atom. The van der Waals surface area contributed by atoms with Gasteiger partial charge in [0, 0.05) is 0 Å². The molecule has 0 heterocycles. The molecule has 0 aromatic heterocycles. The summed E-state index contributed by atoms with van der Waals surface area (Å²) in [7, 11) is 0. The Morgan fingerprint density at radius 2 is 1.75 bits per heavy atom. The predicted octanol–water partition coefficient (Wildman–Crippen LogP) is 6.60. The number of allylic oxidation sites excluding steroid dienone is 1. The molecule has 1 atom stereocenters. The molecule has 0 aliphatic rings. The Morgan fingerprint density at radius 1 is 1.04 bits per heavy atom. The largest absolute Gasteiger partial charge is 0.490 e. The molecule has 1 aromatic carbocycles. The maximum absolute atomic E-state index is 5.90. The highest BCUT2D eigenvalue weighted by atomic mass is 16.5. The third kappa shape index (κ3) is 9.64. The predicted molar refractivity (Wildman–Crippen MR) is 103 cm³/mol. The minimum absolute atomic E-state index is 0.753. The van der Waals surface area contributed by atoms with Crippen molar-refractivity contribution in [2.75, 3.05) is 13.2 Å². The van der Waals surface area contributed by atoms with Gasteiger partial charge in [0.25, 0.3) is 0 Å². The lowest BCUT2D eigenvalue weighted by Gasteiger charge is -2.13. The van der Waals surface area contributed by atoms with E-state index < -0.39 is 0 Å². The zero-order valence-corrected chi connectivity index (χ0v) is 15.7. The van der Waals surface area contributed by atoms with Gasteiger partial charge in [0.1, 0.15) is 0 Å². The van der Waals surface area contributed by atoms with Crippen LogP contribution in [0.4, 0.5) is 0 Å². The molecule has 135 valence electrons. The van der Waals surface area contributed by atoms with Gasteiger partial charge in [0.15, 0.2) is 11.5 Å². The number of hydrogen-bond donors (Lipinski definition) is 0. The Hall–Kier alpha value is -1.44. The Bertz CT molecular complexity index is 428. The van der Waals surface area contributed by atoms with E-state index in [0.29, 0.717) is 0 Å². The molecule has 2 nitrogen and oxygen atoms in total. The van der Waals surface area contributed by atoms with E-state index in [0.717, 1.165) is 49.9 Å². The highest BCUT2D eigenvalue weighted by molar-refractivity contribution is 5.38. The molecule has 1 unspecified atom stereocenters. The first-order valence-corrected chi connectivity index (χ1v) is 9.64. The van der Waals surface area contributed by atoms with Crippen LogP contribution in [-0.2, 0) is 0 Å². The van der Waals surface area contributed by atoms with Gasteiger partial charge < -0.3 is 9.47 Å². The maximum Gasteiger partial charge on any atom is 0.161 e. The second-order valence-corrected chi connectivity index (χ2v) is 6.57. The minimum Gasteiger partial charge on any atom is -0.490 e. The fraction of sp³-hybridized carbons (Fsp3) is 0.636. The molecular weight excluding hydrogens is 296 g/mol. The topological polar surface area (TPSA) is 18.5 Å². The van der Waals surface area contributed by atoms with Gasteiger partial charge in [0.05, 0.1) is 13.2 Å². The smallest absolute Gasteiger partial charge is 0.161 e. The lowest BCUT2D eigenvalue weighted by Crippen LogP contribution is -2.04. The molecule has 2 heteroatoms. The molecule has 0 N–H and O–H groups in total. The van der Waals surface area contributed by atoms with E-state index in [1.165, 1.54) is 38.5 Å². The zero-order valence-electron chi connectivity index (χ0n) is 15.7. The number of benzene rings is 1. The highest BCUT2D eigenvalue weighted by Gasteiger charge is 2.05.